The van der Waals surface area contributed by atoms with E-state index in [1.54, 1.807) is 20.8 Å². The predicted octanol–water partition coefficient (Wildman–Crippen LogP) is 5.50. The third-order valence-electron chi connectivity index (χ3n) is 5.40. The minimum atomic E-state index is -0.724. The van der Waals surface area contributed by atoms with Crippen LogP contribution in [0.5, 0.6) is 5.75 Å². The maximum atomic E-state index is 12.9. The number of para-hydroxylation sites is 1. The third-order valence-corrected chi connectivity index (χ3v) is 5.40. The number of esters is 1. The molecule has 6 nitrogen and oxygen atoms in total. The Morgan fingerprint density at radius 3 is 2.48 bits per heavy atom. The smallest absolute Gasteiger partial charge is 0.408 e. The Morgan fingerprint density at radius 2 is 1.87 bits per heavy atom. The summed E-state index contributed by atoms with van der Waals surface area (Å²) in [5.74, 6) is 1.17. The Labute approximate surface area is 187 Å². The van der Waals surface area contributed by atoms with Crippen LogP contribution < -0.4 is 10.1 Å². The lowest BCUT2D eigenvalue weighted by Gasteiger charge is -2.32. The van der Waals surface area contributed by atoms with Crippen LogP contribution in [0.3, 0.4) is 0 Å². The Balaban J connectivity index is 2.16. The first-order chi connectivity index (χ1) is 14.5. The predicted molar refractivity (Wildman–Crippen MR) is 121 cm³/mol. The average Bonchev–Trinajstić information content (AvgIpc) is 2.71. The highest BCUT2D eigenvalue weighted by Crippen LogP contribution is 2.30. The molecule has 0 radical (unpaired) electrons. The summed E-state index contributed by atoms with van der Waals surface area (Å²) >= 11 is 0. The first-order valence-electron chi connectivity index (χ1n) is 11.5. The van der Waals surface area contributed by atoms with Gasteiger partial charge in [-0.05, 0) is 70.9 Å². The van der Waals surface area contributed by atoms with Crippen LogP contribution >= 0.6 is 0 Å². The monoisotopic (exact) mass is 433 g/mol. The Kier molecular flexibility index (Phi) is 9.20. The second-order valence-electron chi connectivity index (χ2n) is 9.90. The number of amides is 1. The van der Waals surface area contributed by atoms with Gasteiger partial charge >= 0.3 is 12.1 Å². The van der Waals surface area contributed by atoms with E-state index in [2.05, 4.69) is 19.2 Å². The summed E-state index contributed by atoms with van der Waals surface area (Å²) in [5, 5.41) is 2.69. The fraction of sp³-hybridized carbons (Fsp3) is 0.680. The number of nitrogens with one attached hydrogen (secondary N) is 1. The van der Waals surface area contributed by atoms with Crippen LogP contribution in [0.4, 0.5) is 4.79 Å². The highest BCUT2D eigenvalue weighted by Gasteiger charge is 2.36. The van der Waals surface area contributed by atoms with Crippen LogP contribution in [0, 0.1) is 11.8 Å². The molecule has 0 aliphatic carbocycles. The van der Waals surface area contributed by atoms with Gasteiger partial charge in [0.2, 0.25) is 0 Å². The van der Waals surface area contributed by atoms with Gasteiger partial charge in [0.15, 0.2) is 0 Å². The van der Waals surface area contributed by atoms with E-state index >= 15 is 0 Å². The van der Waals surface area contributed by atoms with Crippen molar-refractivity contribution in [1.82, 2.24) is 5.32 Å². The zero-order chi connectivity index (χ0) is 23.0. The van der Waals surface area contributed by atoms with E-state index in [1.165, 1.54) is 0 Å². The van der Waals surface area contributed by atoms with Crippen molar-refractivity contribution in [1.29, 1.82) is 0 Å². The molecule has 1 saturated heterocycles. The Morgan fingerprint density at radius 1 is 1.19 bits per heavy atom. The molecule has 0 spiro atoms. The summed E-state index contributed by atoms with van der Waals surface area (Å²) in [6, 6.07) is 8.94. The van der Waals surface area contributed by atoms with Crippen molar-refractivity contribution >= 4 is 12.1 Å². The summed E-state index contributed by atoms with van der Waals surface area (Å²) in [7, 11) is 0. The standard InChI is InChI=1S/C25H39NO5/c1-17(2)15-16-19-11-10-14-21(26-24(28)31-25(4,5)6)23(27)29-18(3)22(19)30-20-12-8-7-9-13-20/h7-9,12-13,17-19,21-22H,10-11,14-16H2,1-6H3,(H,26,28)/t18-,19+,21-,22-/m0/s1. The lowest BCUT2D eigenvalue weighted by atomic mass is 9.86. The van der Waals surface area contributed by atoms with Gasteiger partial charge in [-0.3, -0.25) is 0 Å². The molecule has 1 fully saturated rings. The highest BCUT2D eigenvalue weighted by atomic mass is 16.6. The molecule has 0 saturated carbocycles. The van der Waals surface area contributed by atoms with Gasteiger partial charge in [-0.15, -0.1) is 0 Å². The van der Waals surface area contributed by atoms with E-state index < -0.39 is 29.8 Å². The van der Waals surface area contributed by atoms with Gasteiger partial charge in [-0.2, -0.15) is 0 Å². The molecule has 1 N–H and O–H groups in total. The summed E-state index contributed by atoms with van der Waals surface area (Å²) in [6.07, 6.45) is 3.00. The van der Waals surface area contributed by atoms with Crippen molar-refractivity contribution in [3.05, 3.63) is 30.3 Å². The minimum Gasteiger partial charge on any atom is -0.486 e. The molecule has 1 amide bonds. The van der Waals surface area contributed by atoms with Gasteiger partial charge < -0.3 is 19.5 Å². The van der Waals surface area contributed by atoms with E-state index in [0.717, 1.165) is 31.4 Å². The molecule has 1 heterocycles. The number of carbonyl (C=O) groups is 2. The maximum Gasteiger partial charge on any atom is 0.408 e. The molecule has 6 heteroatoms. The van der Waals surface area contributed by atoms with Crippen molar-refractivity contribution in [3.8, 4) is 5.75 Å². The van der Waals surface area contributed by atoms with Crippen molar-refractivity contribution in [3.63, 3.8) is 0 Å². The lowest BCUT2D eigenvalue weighted by molar-refractivity contribution is -0.156. The first kappa shape index (κ1) is 25.0. The molecule has 2 rings (SSSR count). The quantitative estimate of drug-likeness (QED) is 0.600. The van der Waals surface area contributed by atoms with Gasteiger partial charge in [-0.25, -0.2) is 9.59 Å². The zero-order valence-electron chi connectivity index (χ0n) is 19.9. The van der Waals surface area contributed by atoms with Crippen LogP contribution in [0.25, 0.3) is 0 Å². The maximum absolute atomic E-state index is 12.9. The number of carbonyl (C=O) groups excluding carboxylic acids is 2. The Bertz CT molecular complexity index is 698. The van der Waals surface area contributed by atoms with Gasteiger partial charge in [0, 0.05) is 0 Å². The molecule has 31 heavy (non-hydrogen) atoms. The number of rotatable bonds is 6. The lowest BCUT2D eigenvalue weighted by Crippen LogP contribution is -2.46. The molecule has 1 aromatic rings. The van der Waals surface area contributed by atoms with Crippen molar-refractivity contribution < 1.29 is 23.8 Å². The van der Waals surface area contributed by atoms with Crippen LogP contribution in [0.15, 0.2) is 30.3 Å². The molecule has 1 aromatic carbocycles. The normalized spacial score (nSPS) is 25.1. The average molecular weight is 434 g/mol. The number of hydrogen-bond donors (Lipinski definition) is 1. The van der Waals surface area contributed by atoms with Crippen LogP contribution in [0.1, 0.15) is 73.6 Å². The number of ether oxygens (including phenoxy) is 3. The van der Waals surface area contributed by atoms with Gasteiger partial charge in [0.05, 0.1) is 0 Å². The van der Waals surface area contributed by atoms with E-state index in [1.807, 2.05) is 37.3 Å². The third kappa shape index (κ3) is 8.80. The molecule has 0 aromatic heterocycles. The van der Waals surface area contributed by atoms with Crippen LogP contribution in [0.2, 0.25) is 0 Å². The molecule has 0 unspecified atom stereocenters. The summed E-state index contributed by atoms with van der Waals surface area (Å²) in [5.41, 5.74) is -0.629. The van der Waals surface area contributed by atoms with Gasteiger partial charge in [-0.1, -0.05) is 44.9 Å². The number of alkyl carbamates (subject to hydrolysis) is 1. The van der Waals surface area contributed by atoms with E-state index in [0.29, 0.717) is 12.3 Å². The van der Waals surface area contributed by atoms with Crippen molar-refractivity contribution in [2.45, 2.75) is 97.5 Å². The molecular formula is C25H39NO5. The first-order valence-corrected chi connectivity index (χ1v) is 11.5. The molecule has 0 bridgehead atoms. The fourth-order valence-electron chi connectivity index (χ4n) is 3.87. The fourth-order valence-corrected chi connectivity index (χ4v) is 3.87. The van der Waals surface area contributed by atoms with E-state index in [-0.39, 0.29) is 12.0 Å². The topological polar surface area (TPSA) is 73.9 Å². The molecule has 1 aliphatic rings. The van der Waals surface area contributed by atoms with Crippen molar-refractivity contribution in [2.75, 3.05) is 0 Å². The molecule has 4 atom stereocenters. The number of cyclic esters (lactones) is 1. The zero-order valence-corrected chi connectivity index (χ0v) is 19.9. The summed E-state index contributed by atoms with van der Waals surface area (Å²) < 4.78 is 17.5. The van der Waals surface area contributed by atoms with Crippen LogP contribution in [-0.2, 0) is 14.3 Å². The van der Waals surface area contributed by atoms with Gasteiger partial charge in [0.25, 0.3) is 0 Å². The number of hydrogen-bond acceptors (Lipinski definition) is 5. The minimum absolute atomic E-state index is 0.245. The largest absolute Gasteiger partial charge is 0.486 e. The second kappa shape index (κ2) is 11.4. The molecule has 1 aliphatic heterocycles. The van der Waals surface area contributed by atoms with E-state index in [4.69, 9.17) is 14.2 Å². The van der Waals surface area contributed by atoms with Crippen molar-refractivity contribution in [2.24, 2.45) is 11.8 Å². The molecular weight excluding hydrogens is 394 g/mol. The highest BCUT2D eigenvalue weighted by molar-refractivity contribution is 5.81. The number of benzene rings is 1. The summed E-state index contributed by atoms with van der Waals surface area (Å²) in [4.78, 5) is 25.1. The van der Waals surface area contributed by atoms with E-state index in [9.17, 15) is 9.59 Å². The second-order valence-corrected chi connectivity index (χ2v) is 9.90. The summed E-state index contributed by atoms with van der Waals surface area (Å²) in [6.45, 7) is 11.7. The van der Waals surface area contributed by atoms with Crippen LogP contribution in [-0.4, -0.2) is 35.9 Å². The molecule has 174 valence electrons. The SMILES string of the molecule is CC(C)CC[C@H]1CCC[C@H](NC(=O)OC(C)(C)C)C(=O)O[C@@H](C)[C@@H]1Oc1ccccc1. The Hall–Kier alpha value is -2.24. The van der Waals surface area contributed by atoms with Gasteiger partial charge in [0.1, 0.15) is 29.6 Å².